The lowest BCUT2D eigenvalue weighted by atomic mass is 10.1. The van der Waals surface area contributed by atoms with Gasteiger partial charge < -0.3 is 5.21 Å². The molecule has 1 aromatic carbocycles. The van der Waals surface area contributed by atoms with Gasteiger partial charge in [-0.15, -0.1) is 0 Å². The van der Waals surface area contributed by atoms with Gasteiger partial charge in [-0.3, -0.25) is 4.79 Å². The van der Waals surface area contributed by atoms with Crippen LogP contribution in [0.4, 0.5) is 0 Å². The molecule has 0 saturated heterocycles. The summed E-state index contributed by atoms with van der Waals surface area (Å²) in [6, 6.07) is 11.6. The van der Waals surface area contributed by atoms with Crippen LogP contribution in [-0.2, 0) is 6.42 Å². The van der Waals surface area contributed by atoms with E-state index < -0.39 is 0 Å². The first-order valence-electron chi connectivity index (χ1n) is 5.55. The Bertz CT molecular complexity index is 585. The monoisotopic (exact) mass is 229 g/mol. The molecule has 0 aliphatic heterocycles. The summed E-state index contributed by atoms with van der Waals surface area (Å²) in [5.41, 5.74) is 2.84. The fraction of sp³-hybridized carbons (Fsp3) is 0.214. The van der Waals surface area contributed by atoms with Gasteiger partial charge in [-0.2, -0.15) is 4.73 Å². The van der Waals surface area contributed by atoms with Gasteiger partial charge >= 0.3 is 0 Å². The van der Waals surface area contributed by atoms with Gasteiger partial charge in [0.15, 0.2) is 0 Å². The minimum absolute atomic E-state index is 0.337. The van der Waals surface area contributed by atoms with Crippen LogP contribution in [0.15, 0.2) is 41.2 Å². The van der Waals surface area contributed by atoms with Crippen molar-refractivity contribution in [2.75, 3.05) is 0 Å². The number of benzene rings is 1. The average Bonchev–Trinajstić information content (AvgIpc) is 2.35. The Morgan fingerprint density at radius 1 is 1.18 bits per heavy atom. The zero-order valence-corrected chi connectivity index (χ0v) is 9.97. The van der Waals surface area contributed by atoms with Crippen molar-refractivity contribution in [1.29, 1.82) is 0 Å². The van der Waals surface area contributed by atoms with Crippen molar-refractivity contribution in [3.63, 3.8) is 0 Å². The second-order valence-electron chi connectivity index (χ2n) is 4.22. The maximum absolute atomic E-state index is 11.7. The fourth-order valence-electron chi connectivity index (χ4n) is 1.81. The number of aromatic nitrogens is 1. The second-order valence-corrected chi connectivity index (χ2v) is 4.22. The Labute approximate surface area is 99.9 Å². The second kappa shape index (κ2) is 4.45. The molecule has 0 saturated carbocycles. The van der Waals surface area contributed by atoms with Gasteiger partial charge in [-0.25, -0.2) is 0 Å². The Hall–Kier alpha value is -2.03. The highest BCUT2D eigenvalue weighted by Crippen LogP contribution is 2.10. The number of rotatable bonds is 2. The summed E-state index contributed by atoms with van der Waals surface area (Å²) in [5.74, 6) is 0. The molecule has 3 nitrogen and oxygen atoms in total. The van der Waals surface area contributed by atoms with E-state index in [1.165, 1.54) is 0 Å². The molecule has 88 valence electrons. The molecule has 0 aliphatic carbocycles. The molecule has 0 unspecified atom stereocenters. The van der Waals surface area contributed by atoms with Gasteiger partial charge in [-0.1, -0.05) is 30.3 Å². The molecule has 0 atom stereocenters. The molecule has 0 aliphatic rings. The van der Waals surface area contributed by atoms with Crippen molar-refractivity contribution in [2.24, 2.45) is 0 Å². The van der Waals surface area contributed by atoms with Crippen molar-refractivity contribution >= 4 is 0 Å². The van der Waals surface area contributed by atoms with E-state index in [0.717, 1.165) is 15.9 Å². The molecule has 2 aromatic rings. The molecule has 1 heterocycles. The molecule has 17 heavy (non-hydrogen) atoms. The molecule has 0 fully saturated rings. The van der Waals surface area contributed by atoms with E-state index in [2.05, 4.69) is 0 Å². The molecule has 1 aromatic heterocycles. The van der Waals surface area contributed by atoms with Gasteiger partial charge in [0, 0.05) is 12.0 Å². The summed E-state index contributed by atoms with van der Waals surface area (Å²) >= 11 is 0. The lowest BCUT2D eigenvalue weighted by Gasteiger charge is -2.09. The molecular weight excluding hydrogens is 214 g/mol. The largest absolute Gasteiger partial charge is 0.425 e. The van der Waals surface area contributed by atoms with Crippen LogP contribution in [0.1, 0.15) is 22.4 Å². The summed E-state index contributed by atoms with van der Waals surface area (Å²) in [6.45, 7) is 3.60. The number of hydrogen-bond donors (Lipinski definition) is 1. The third-order valence-electron chi connectivity index (χ3n) is 2.99. The van der Waals surface area contributed by atoms with Crippen molar-refractivity contribution in [1.82, 2.24) is 4.73 Å². The van der Waals surface area contributed by atoms with Crippen molar-refractivity contribution in [3.05, 3.63) is 69.1 Å². The lowest BCUT2D eigenvalue weighted by molar-refractivity contribution is 0.165. The van der Waals surface area contributed by atoms with Crippen LogP contribution in [0.5, 0.6) is 0 Å². The summed E-state index contributed by atoms with van der Waals surface area (Å²) in [6.07, 6.45) is 0.549. The average molecular weight is 229 g/mol. The van der Waals surface area contributed by atoms with E-state index in [-0.39, 0.29) is 5.56 Å². The summed E-state index contributed by atoms with van der Waals surface area (Å²) in [5, 5.41) is 9.77. The molecular formula is C14H15NO2. The molecule has 0 radical (unpaired) electrons. The van der Waals surface area contributed by atoms with E-state index >= 15 is 0 Å². The Balaban J connectivity index is 2.44. The minimum Gasteiger partial charge on any atom is -0.425 e. The topological polar surface area (TPSA) is 42.2 Å². The van der Waals surface area contributed by atoms with Crippen molar-refractivity contribution < 1.29 is 5.21 Å². The standard InChI is InChI=1S/C14H15NO2/c1-10-8-13(15(17)14(16)11(10)2)9-12-6-4-3-5-7-12/h3-8,17H,9H2,1-2H3. The SMILES string of the molecule is Cc1cc(Cc2ccccc2)n(O)c(=O)c1C. The maximum Gasteiger partial charge on any atom is 0.286 e. The van der Waals surface area contributed by atoms with Gasteiger partial charge in [0.25, 0.3) is 5.56 Å². The molecule has 0 amide bonds. The first kappa shape index (κ1) is 11.5. The first-order valence-corrected chi connectivity index (χ1v) is 5.55. The van der Waals surface area contributed by atoms with Crippen LogP contribution in [0.25, 0.3) is 0 Å². The zero-order valence-electron chi connectivity index (χ0n) is 9.97. The Kier molecular flexibility index (Phi) is 3.00. The quantitative estimate of drug-likeness (QED) is 0.803. The molecule has 0 spiro atoms. The molecule has 3 heteroatoms. The Morgan fingerprint density at radius 2 is 1.82 bits per heavy atom. The van der Waals surface area contributed by atoms with Gasteiger partial charge in [0.05, 0.1) is 5.69 Å². The van der Waals surface area contributed by atoms with E-state index in [4.69, 9.17) is 0 Å². The third kappa shape index (κ3) is 2.23. The first-order chi connectivity index (χ1) is 8.09. The third-order valence-corrected chi connectivity index (χ3v) is 2.99. The number of nitrogens with zero attached hydrogens (tertiary/aromatic N) is 1. The van der Waals surface area contributed by atoms with Crippen LogP contribution in [0.2, 0.25) is 0 Å². The highest BCUT2D eigenvalue weighted by molar-refractivity contribution is 5.28. The van der Waals surface area contributed by atoms with Gasteiger partial charge in [0.1, 0.15) is 0 Å². The van der Waals surface area contributed by atoms with Crippen LogP contribution >= 0.6 is 0 Å². The normalized spacial score (nSPS) is 10.5. The lowest BCUT2D eigenvalue weighted by Crippen LogP contribution is -2.24. The van der Waals surface area contributed by atoms with E-state index in [1.807, 2.05) is 43.3 Å². The predicted molar refractivity (Wildman–Crippen MR) is 66.6 cm³/mol. The molecule has 1 N–H and O–H groups in total. The molecule has 0 bridgehead atoms. The minimum atomic E-state index is -0.337. The van der Waals surface area contributed by atoms with Crippen molar-refractivity contribution in [2.45, 2.75) is 20.3 Å². The van der Waals surface area contributed by atoms with Crippen LogP contribution in [0, 0.1) is 13.8 Å². The smallest absolute Gasteiger partial charge is 0.286 e. The zero-order chi connectivity index (χ0) is 12.4. The highest BCUT2D eigenvalue weighted by atomic mass is 16.5. The maximum atomic E-state index is 11.7. The van der Waals surface area contributed by atoms with E-state index in [9.17, 15) is 10.0 Å². The Morgan fingerprint density at radius 3 is 2.47 bits per heavy atom. The fourth-order valence-corrected chi connectivity index (χ4v) is 1.81. The van der Waals surface area contributed by atoms with E-state index in [0.29, 0.717) is 17.7 Å². The number of aryl methyl sites for hydroxylation is 1. The summed E-state index contributed by atoms with van der Waals surface area (Å²) < 4.78 is 0.745. The van der Waals surface area contributed by atoms with Gasteiger partial charge in [0.2, 0.25) is 0 Å². The highest BCUT2D eigenvalue weighted by Gasteiger charge is 2.08. The van der Waals surface area contributed by atoms with Gasteiger partial charge in [-0.05, 0) is 31.0 Å². The number of hydrogen-bond acceptors (Lipinski definition) is 2. The molecule has 2 rings (SSSR count). The van der Waals surface area contributed by atoms with Crippen LogP contribution in [-0.4, -0.2) is 9.94 Å². The summed E-state index contributed by atoms with van der Waals surface area (Å²) in [7, 11) is 0. The number of pyridine rings is 1. The van der Waals surface area contributed by atoms with E-state index in [1.54, 1.807) is 6.92 Å². The van der Waals surface area contributed by atoms with Crippen LogP contribution in [0.3, 0.4) is 0 Å². The summed E-state index contributed by atoms with van der Waals surface area (Å²) in [4.78, 5) is 11.7. The van der Waals surface area contributed by atoms with Crippen LogP contribution < -0.4 is 5.56 Å². The predicted octanol–water partition coefficient (Wildman–Crippen LogP) is 2.29. The van der Waals surface area contributed by atoms with Crippen molar-refractivity contribution in [3.8, 4) is 0 Å².